The molecule has 0 aliphatic rings. The van der Waals surface area contributed by atoms with Crippen LogP contribution in [0.3, 0.4) is 0 Å². The van der Waals surface area contributed by atoms with Crippen molar-refractivity contribution < 1.29 is 4.79 Å². The molecule has 0 saturated carbocycles. The van der Waals surface area contributed by atoms with Gasteiger partial charge in [-0.05, 0) is 44.2 Å². The molecule has 98 valence electrons. The highest BCUT2D eigenvalue weighted by Crippen LogP contribution is 2.34. The third-order valence-electron chi connectivity index (χ3n) is 2.93. The molecular formula is C14H13ClN2OS. The van der Waals surface area contributed by atoms with Crippen LogP contribution in [0.4, 0.5) is 0 Å². The van der Waals surface area contributed by atoms with E-state index in [0.29, 0.717) is 20.6 Å². The molecule has 0 bridgehead atoms. The minimum Gasteiger partial charge on any atom is -0.298 e. The summed E-state index contributed by atoms with van der Waals surface area (Å²) < 4.78 is 0. The maximum absolute atomic E-state index is 11.0. The standard InChI is InChI=1S/C14H13ClN2OS/c1-8-9(2)16-14(17-10(8)3)19-13-11(7-18)5-4-6-12(13)15/h4-7H,1-3H3. The van der Waals surface area contributed by atoms with E-state index in [2.05, 4.69) is 9.97 Å². The van der Waals surface area contributed by atoms with E-state index in [-0.39, 0.29) is 0 Å². The number of hydrogen-bond acceptors (Lipinski definition) is 4. The van der Waals surface area contributed by atoms with Gasteiger partial charge in [0.25, 0.3) is 0 Å². The molecule has 0 radical (unpaired) electrons. The summed E-state index contributed by atoms with van der Waals surface area (Å²) >= 11 is 7.45. The van der Waals surface area contributed by atoms with Gasteiger partial charge in [-0.25, -0.2) is 9.97 Å². The van der Waals surface area contributed by atoms with E-state index >= 15 is 0 Å². The number of aryl methyl sites for hydroxylation is 2. The Kier molecular flexibility index (Phi) is 4.22. The van der Waals surface area contributed by atoms with Crippen molar-refractivity contribution in [3.05, 3.63) is 45.7 Å². The van der Waals surface area contributed by atoms with Crippen LogP contribution in [0.2, 0.25) is 5.02 Å². The van der Waals surface area contributed by atoms with Gasteiger partial charge in [-0.1, -0.05) is 23.7 Å². The Morgan fingerprint density at radius 2 is 1.79 bits per heavy atom. The van der Waals surface area contributed by atoms with E-state index in [1.807, 2.05) is 20.8 Å². The topological polar surface area (TPSA) is 42.9 Å². The van der Waals surface area contributed by atoms with Crippen LogP contribution in [0.15, 0.2) is 28.3 Å². The summed E-state index contributed by atoms with van der Waals surface area (Å²) in [5, 5.41) is 1.14. The highest BCUT2D eigenvalue weighted by molar-refractivity contribution is 7.99. The van der Waals surface area contributed by atoms with Crippen molar-refractivity contribution in [2.75, 3.05) is 0 Å². The molecular weight excluding hydrogens is 280 g/mol. The zero-order valence-corrected chi connectivity index (χ0v) is 12.5. The second-order valence-electron chi connectivity index (χ2n) is 4.18. The lowest BCUT2D eigenvalue weighted by Crippen LogP contribution is -1.98. The van der Waals surface area contributed by atoms with Gasteiger partial charge in [-0.15, -0.1) is 0 Å². The number of aromatic nitrogens is 2. The highest BCUT2D eigenvalue weighted by Gasteiger charge is 2.12. The van der Waals surface area contributed by atoms with Crippen molar-refractivity contribution >= 4 is 29.6 Å². The number of aldehydes is 1. The molecule has 0 unspecified atom stereocenters. The van der Waals surface area contributed by atoms with Gasteiger partial charge >= 0.3 is 0 Å². The summed E-state index contributed by atoms with van der Waals surface area (Å²) in [7, 11) is 0. The average Bonchev–Trinajstić information content (AvgIpc) is 2.38. The summed E-state index contributed by atoms with van der Waals surface area (Å²) in [4.78, 5) is 20.6. The van der Waals surface area contributed by atoms with Crippen molar-refractivity contribution in [3.63, 3.8) is 0 Å². The lowest BCUT2D eigenvalue weighted by Gasteiger charge is -2.09. The van der Waals surface area contributed by atoms with Gasteiger partial charge in [0.15, 0.2) is 11.4 Å². The predicted octanol–water partition coefficient (Wildman–Crippen LogP) is 4.02. The molecule has 1 aromatic heterocycles. The molecule has 2 aromatic rings. The van der Waals surface area contributed by atoms with Crippen molar-refractivity contribution in [2.45, 2.75) is 30.8 Å². The molecule has 3 nitrogen and oxygen atoms in total. The van der Waals surface area contributed by atoms with Gasteiger partial charge in [0.1, 0.15) is 0 Å². The first-order valence-corrected chi connectivity index (χ1v) is 6.95. The van der Waals surface area contributed by atoms with Crippen molar-refractivity contribution in [3.8, 4) is 0 Å². The van der Waals surface area contributed by atoms with Gasteiger partial charge in [-0.3, -0.25) is 4.79 Å². The van der Waals surface area contributed by atoms with Crippen LogP contribution in [0, 0.1) is 20.8 Å². The normalized spacial score (nSPS) is 10.5. The quantitative estimate of drug-likeness (QED) is 0.633. The Labute approximate surface area is 121 Å². The van der Waals surface area contributed by atoms with Crippen LogP contribution in [-0.4, -0.2) is 16.3 Å². The molecule has 19 heavy (non-hydrogen) atoms. The molecule has 5 heteroatoms. The van der Waals surface area contributed by atoms with Crippen LogP contribution in [0.25, 0.3) is 0 Å². The number of hydrogen-bond donors (Lipinski definition) is 0. The zero-order chi connectivity index (χ0) is 14.0. The van der Waals surface area contributed by atoms with Crippen LogP contribution >= 0.6 is 23.4 Å². The maximum atomic E-state index is 11.0. The van der Waals surface area contributed by atoms with E-state index in [1.54, 1.807) is 18.2 Å². The van der Waals surface area contributed by atoms with Crippen LogP contribution in [0.5, 0.6) is 0 Å². The Hall–Kier alpha value is -1.39. The Morgan fingerprint density at radius 3 is 2.37 bits per heavy atom. The molecule has 0 amide bonds. The van der Waals surface area contributed by atoms with Crippen molar-refractivity contribution in [2.24, 2.45) is 0 Å². The third-order valence-corrected chi connectivity index (χ3v) is 4.38. The fraction of sp³-hybridized carbons (Fsp3) is 0.214. The first-order chi connectivity index (χ1) is 9.02. The minimum absolute atomic E-state index is 0.536. The molecule has 0 spiro atoms. The zero-order valence-electron chi connectivity index (χ0n) is 10.9. The predicted molar refractivity (Wildman–Crippen MR) is 77.2 cm³/mol. The molecule has 1 aromatic carbocycles. The number of carbonyl (C=O) groups is 1. The van der Waals surface area contributed by atoms with Gasteiger partial charge in [0.2, 0.25) is 0 Å². The molecule has 2 rings (SSSR count). The second-order valence-corrected chi connectivity index (χ2v) is 5.56. The van der Waals surface area contributed by atoms with Gasteiger partial charge in [0.05, 0.1) is 5.02 Å². The smallest absolute Gasteiger partial charge is 0.192 e. The molecule has 1 heterocycles. The third kappa shape index (κ3) is 2.96. The van der Waals surface area contributed by atoms with E-state index < -0.39 is 0 Å². The largest absolute Gasteiger partial charge is 0.298 e. The fourth-order valence-electron chi connectivity index (χ4n) is 1.60. The lowest BCUT2D eigenvalue weighted by molar-refractivity contribution is 0.112. The van der Waals surface area contributed by atoms with Crippen LogP contribution < -0.4 is 0 Å². The van der Waals surface area contributed by atoms with Crippen LogP contribution in [0.1, 0.15) is 27.3 Å². The fourth-order valence-corrected chi connectivity index (χ4v) is 2.85. The molecule has 0 saturated heterocycles. The molecule has 0 atom stereocenters. The summed E-state index contributed by atoms with van der Waals surface area (Å²) in [6.07, 6.45) is 0.794. The van der Waals surface area contributed by atoms with Crippen LogP contribution in [-0.2, 0) is 0 Å². The number of benzene rings is 1. The Balaban J connectivity index is 2.44. The summed E-state index contributed by atoms with van der Waals surface area (Å²) in [6.45, 7) is 5.88. The average molecular weight is 293 g/mol. The van der Waals surface area contributed by atoms with Gasteiger partial charge in [0, 0.05) is 21.8 Å². The first kappa shape index (κ1) is 14.0. The highest BCUT2D eigenvalue weighted by atomic mass is 35.5. The van der Waals surface area contributed by atoms with Crippen molar-refractivity contribution in [1.29, 1.82) is 0 Å². The first-order valence-electron chi connectivity index (χ1n) is 5.76. The Morgan fingerprint density at radius 1 is 1.16 bits per heavy atom. The monoisotopic (exact) mass is 292 g/mol. The second kappa shape index (κ2) is 5.72. The lowest BCUT2D eigenvalue weighted by atomic mass is 10.2. The van der Waals surface area contributed by atoms with Gasteiger partial charge < -0.3 is 0 Å². The van der Waals surface area contributed by atoms with E-state index in [1.165, 1.54) is 11.8 Å². The van der Waals surface area contributed by atoms with E-state index in [4.69, 9.17) is 11.6 Å². The maximum Gasteiger partial charge on any atom is 0.192 e. The minimum atomic E-state index is 0.536. The van der Waals surface area contributed by atoms with E-state index in [0.717, 1.165) is 23.2 Å². The SMILES string of the molecule is Cc1nc(Sc2c(Cl)cccc2C=O)nc(C)c1C. The Bertz CT molecular complexity index is 620. The molecule has 0 fully saturated rings. The number of carbonyl (C=O) groups excluding carboxylic acids is 1. The molecule has 0 N–H and O–H groups in total. The number of rotatable bonds is 3. The van der Waals surface area contributed by atoms with Crippen molar-refractivity contribution in [1.82, 2.24) is 9.97 Å². The summed E-state index contributed by atoms with van der Waals surface area (Å²) in [5.41, 5.74) is 3.51. The number of nitrogens with zero attached hydrogens (tertiary/aromatic N) is 2. The summed E-state index contributed by atoms with van der Waals surface area (Å²) in [5.74, 6) is 0. The number of halogens is 1. The molecule has 0 aliphatic carbocycles. The summed E-state index contributed by atoms with van der Waals surface area (Å²) in [6, 6.07) is 5.24. The van der Waals surface area contributed by atoms with Gasteiger partial charge in [-0.2, -0.15) is 0 Å². The van der Waals surface area contributed by atoms with E-state index in [9.17, 15) is 4.79 Å². The molecule has 0 aliphatic heterocycles.